The summed E-state index contributed by atoms with van der Waals surface area (Å²) in [5.41, 5.74) is 2.56. The Bertz CT molecular complexity index is 1070. The van der Waals surface area contributed by atoms with Gasteiger partial charge in [0.05, 0.1) is 16.5 Å². The lowest BCUT2D eigenvalue weighted by atomic mass is 10.0. The number of rotatable bonds is 8. The molecule has 0 bridgehead atoms. The van der Waals surface area contributed by atoms with Gasteiger partial charge in [0, 0.05) is 25.0 Å². The van der Waals surface area contributed by atoms with Gasteiger partial charge >= 0.3 is 0 Å². The number of likely N-dealkylation sites (N-methyl/N-ethyl adjacent to an activating group) is 1. The number of carbonyl (C=O) groups excluding carboxylic acids is 2. The summed E-state index contributed by atoms with van der Waals surface area (Å²) in [4.78, 5) is 28.0. The minimum absolute atomic E-state index is 0.0900. The molecule has 3 aromatic rings. The third-order valence-corrected chi connectivity index (χ3v) is 6.11. The molecule has 0 aliphatic rings. The minimum Gasteiger partial charge on any atom is -0.357 e. The third kappa shape index (κ3) is 6.49. The summed E-state index contributed by atoms with van der Waals surface area (Å²) in [5.74, 6) is -0.423. The lowest BCUT2D eigenvalue weighted by Crippen LogP contribution is -2.50. The van der Waals surface area contributed by atoms with Crippen LogP contribution in [0.3, 0.4) is 0 Å². The zero-order valence-electron chi connectivity index (χ0n) is 17.5. The largest absolute Gasteiger partial charge is 0.357 e. The van der Waals surface area contributed by atoms with Crippen molar-refractivity contribution in [1.82, 2.24) is 10.2 Å². The molecular formula is C25H23Cl3N2O2. The fraction of sp³-hybridized carbons (Fsp3) is 0.200. The van der Waals surface area contributed by atoms with Gasteiger partial charge in [0.15, 0.2) is 0 Å². The van der Waals surface area contributed by atoms with Crippen LogP contribution in [0.1, 0.15) is 16.7 Å². The molecule has 0 radical (unpaired) electrons. The van der Waals surface area contributed by atoms with E-state index in [4.69, 9.17) is 34.8 Å². The summed E-state index contributed by atoms with van der Waals surface area (Å²) < 4.78 is 0. The Morgan fingerprint density at radius 2 is 1.50 bits per heavy atom. The molecule has 1 atom stereocenters. The van der Waals surface area contributed by atoms with Gasteiger partial charge in [0.2, 0.25) is 11.8 Å². The van der Waals surface area contributed by atoms with Crippen LogP contribution in [-0.2, 0) is 29.0 Å². The molecular weight excluding hydrogens is 467 g/mol. The Kier molecular flexibility index (Phi) is 8.57. The van der Waals surface area contributed by atoms with Crippen LogP contribution in [0.4, 0.5) is 0 Å². The maximum Gasteiger partial charge on any atom is 0.242 e. The maximum absolute atomic E-state index is 13.5. The molecule has 0 saturated carbocycles. The number of hydrogen-bond donors (Lipinski definition) is 1. The first-order valence-electron chi connectivity index (χ1n) is 10.1. The van der Waals surface area contributed by atoms with Gasteiger partial charge in [0.1, 0.15) is 6.04 Å². The predicted octanol–water partition coefficient (Wildman–Crippen LogP) is 5.58. The molecule has 0 saturated heterocycles. The van der Waals surface area contributed by atoms with E-state index in [1.165, 1.54) is 0 Å². The van der Waals surface area contributed by atoms with E-state index in [9.17, 15) is 9.59 Å². The molecule has 3 rings (SSSR count). The number of nitrogens with one attached hydrogen (secondary N) is 1. The van der Waals surface area contributed by atoms with Crippen LogP contribution in [0, 0.1) is 0 Å². The zero-order valence-corrected chi connectivity index (χ0v) is 19.8. The average Bonchev–Trinajstić information content (AvgIpc) is 2.80. The van der Waals surface area contributed by atoms with Gasteiger partial charge in [-0.15, -0.1) is 0 Å². The highest BCUT2D eigenvalue weighted by atomic mass is 35.5. The van der Waals surface area contributed by atoms with Crippen LogP contribution in [0.5, 0.6) is 0 Å². The molecule has 0 unspecified atom stereocenters. The van der Waals surface area contributed by atoms with Crippen molar-refractivity contribution < 1.29 is 9.59 Å². The van der Waals surface area contributed by atoms with Crippen LogP contribution in [0.25, 0.3) is 0 Å². The number of nitrogens with zero attached hydrogens (tertiary/aromatic N) is 1. The summed E-state index contributed by atoms with van der Waals surface area (Å²) in [6.07, 6.45) is 0.480. The average molecular weight is 490 g/mol. The highest BCUT2D eigenvalue weighted by Gasteiger charge is 2.29. The lowest BCUT2D eigenvalue weighted by molar-refractivity contribution is -0.140. The topological polar surface area (TPSA) is 49.4 Å². The molecule has 0 aliphatic heterocycles. The molecule has 0 fully saturated rings. The smallest absolute Gasteiger partial charge is 0.242 e. The van der Waals surface area contributed by atoms with Gasteiger partial charge in [-0.05, 0) is 41.0 Å². The van der Waals surface area contributed by atoms with E-state index in [0.29, 0.717) is 21.5 Å². The van der Waals surface area contributed by atoms with Crippen molar-refractivity contribution in [2.45, 2.75) is 25.4 Å². The summed E-state index contributed by atoms with van der Waals surface area (Å²) in [7, 11) is 1.57. The molecule has 7 heteroatoms. The van der Waals surface area contributed by atoms with Gasteiger partial charge in [-0.1, -0.05) is 83.3 Å². The second kappa shape index (κ2) is 11.4. The number of halogens is 3. The molecule has 2 amide bonds. The molecule has 0 heterocycles. The van der Waals surface area contributed by atoms with E-state index < -0.39 is 6.04 Å². The second-order valence-corrected chi connectivity index (χ2v) is 8.64. The van der Waals surface area contributed by atoms with E-state index in [-0.39, 0.29) is 24.8 Å². The number of amides is 2. The molecule has 32 heavy (non-hydrogen) atoms. The van der Waals surface area contributed by atoms with Crippen LogP contribution in [-0.4, -0.2) is 29.8 Å². The molecule has 4 nitrogen and oxygen atoms in total. The Morgan fingerprint density at radius 3 is 2.12 bits per heavy atom. The summed E-state index contributed by atoms with van der Waals surface area (Å²) in [6.45, 7) is 0.266. The van der Waals surface area contributed by atoms with Gasteiger partial charge in [-0.25, -0.2) is 0 Å². The Balaban J connectivity index is 1.93. The van der Waals surface area contributed by atoms with Gasteiger partial charge < -0.3 is 10.2 Å². The second-order valence-electron chi connectivity index (χ2n) is 7.39. The van der Waals surface area contributed by atoms with E-state index in [1.54, 1.807) is 42.3 Å². The van der Waals surface area contributed by atoms with Crippen LogP contribution < -0.4 is 5.32 Å². The minimum atomic E-state index is -0.687. The van der Waals surface area contributed by atoms with Gasteiger partial charge in [-0.2, -0.15) is 0 Å². The molecule has 0 spiro atoms. The first kappa shape index (κ1) is 24.1. The van der Waals surface area contributed by atoms with Gasteiger partial charge in [-0.3, -0.25) is 9.59 Å². The molecule has 166 valence electrons. The van der Waals surface area contributed by atoms with Crippen molar-refractivity contribution in [3.63, 3.8) is 0 Å². The summed E-state index contributed by atoms with van der Waals surface area (Å²) >= 11 is 18.2. The number of hydrogen-bond acceptors (Lipinski definition) is 2. The fourth-order valence-electron chi connectivity index (χ4n) is 3.43. The maximum atomic E-state index is 13.5. The van der Waals surface area contributed by atoms with E-state index >= 15 is 0 Å². The number of benzene rings is 3. The first-order valence-corrected chi connectivity index (χ1v) is 11.2. The Morgan fingerprint density at radius 1 is 0.844 bits per heavy atom. The van der Waals surface area contributed by atoms with Crippen molar-refractivity contribution in [1.29, 1.82) is 0 Å². The first-order chi connectivity index (χ1) is 15.4. The summed E-state index contributed by atoms with van der Waals surface area (Å²) in [6, 6.07) is 21.3. The van der Waals surface area contributed by atoms with Crippen LogP contribution in [0.15, 0.2) is 72.8 Å². The Labute approximate surface area is 203 Å². The quantitative estimate of drug-likeness (QED) is 0.449. The van der Waals surface area contributed by atoms with Crippen molar-refractivity contribution in [2.75, 3.05) is 7.05 Å². The standard InChI is InChI=1S/C25H23Cl3N2O2/c1-29-25(32)23(14-17-5-3-2-4-6-17)30(16-18-7-10-20(26)11-8-18)24(31)15-19-9-12-21(27)22(28)13-19/h2-13,23H,14-16H2,1H3,(H,29,32)/t23-/m1/s1. The molecule has 1 N–H and O–H groups in total. The van der Waals surface area contributed by atoms with Crippen molar-refractivity contribution in [3.8, 4) is 0 Å². The van der Waals surface area contributed by atoms with Crippen molar-refractivity contribution >= 4 is 46.6 Å². The van der Waals surface area contributed by atoms with E-state index in [2.05, 4.69) is 5.32 Å². The number of carbonyl (C=O) groups is 2. The van der Waals surface area contributed by atoms with Crippen LogP contribution >= 0.6 is 34.8 Å². The predicted molar refractivity (Wildman–Crippen MR) is 130 cm³/mol. The summed E-state index contributed by atoms with van der Waals surface area (Å²) in [5, 5.41) is 4.12. The normalized spacial score (nSPS) is 11.6. The third-order valence-electron chi connectivity index (χ3n) is 5.12. The molecule has 3 aromatic carbocycles. The highest BCUT2D eigenvalue weighted by molar-refractivity contribution is 6.42. The van der Waals surface area contributed by atoms with Crippen molar-refractivity contribution in [3.05, 3.63) is 105 Å². The monoisotopic (exact) mass is 488 g/mol. The lowest BCUT2D eigenvalue weighted by Gasteiger charge is -2.31. The molecule has 0 aromatic heterocycles. The molecule has 0 aliphatic carbocycles. The van der Waals surface area contributed by atoms with Crippen LogP contribution in [0.2, 0.25) is 15.1 Å². The van der Waals surface area contributed by atoms with E-state index in [1.807, 2.05) is 42.5 Å². The Hall–Kier alpha value is -2.53. The highest BCUT2D eigenvalue weighted by Crippen LogP contribution is 2.24. The van der Waals surface area contributed by atoms with E-state index in [0.717, 1.165) is 16.7 Å². The van der Waals surface area contributed by atoms with Crippen molar-refractivity contribution in [2.24, 2.45) is 0 Å². The SMILES string of the molecule is CNC(=O)[C@@H](Cc1ccccc1)N(Cc1ccc(Cl)cc1)C(=O)Cc1ccc(Cl)c(Cl)c1. The van der Waals surface area contributed by atoms with Gasteiger partial charge in [0.25, 0.3) is 0 Å². The fourth-order valence-corrected chi connectivity index (χ4v) is 3.88. The zero-order chi connectivity index (χ0) is 23.1.